The predicted octanol–water partition coefficient (Wildman–Crippen LogP) is 3.13. The second-order valence-electron chi connectivity index (χ2n) is 6.94. The van der Waals surface area contributed by atoms with E-state index in [-0.39, 0.29) is 5.91 Å². The van der Waals surface area contributed by atoms with Gasteiger partial charge < -0.3 is 14.2 Å². The van der Waals surface area contributed by atoms with Crippen LogP contribution in [0.2, 0.25) is 0 Å². The SMILES string of the molecule is CC(CN1Cc2ccccc2C1=O)OC(=O)c1cccn1Cc1ccncc1. The lowest BCUT2D eigenvalue weighted by Crippen LogP contribution is -2.34. The first kappa shape index (κ1) is 18.0. The van der Waals surface area contributed by atoms with E-state index in [0.29, 0.717) is 25.3 Å². The smallest absolute Gasteiger partial charge is 0.355 e. The van der Waals surface area contributed by atoms with Gasteiger partial charge in [-0.3, -0.25) is 9.78 Å². The third-order valence-electron chi connectivity index (χ3n) is 4.82. The van der Waals surface area contributed by atoms with Crippen LogP contribution in [0.5, 0.6) is 0 Å². The minimum absolute atomic E-state index is 0.0143. The van der Waals surface area contributed by atoms with Crippen molar-refractivity contribution in [3.63, 3.8) is 0 Å². The number of hydrogen-bond donors (Lipinski definition) is 0. The number of hydrogen-bond acceptors (Lipinski definition) is 4. The van der Waals surface area contributed by atoms with Gasteiger partial charge in [0.25, 0.3) is 5.91 Å². The number of esters is 1. The van der Waals surface area contributed by atoms with Gasteiger partial charge in [0.05, 0.1) is 6.54 Å². The summed E-state index contributed by atoms with van der Waals surface area (Å²) >= 11 is 0. The zero-order valence-corrected chi connectivity index (χ0v) is 15.6. The van der Waals surface area contributed by atoms with Crippen molar-refractivity contribution in [2.24, 2.45) is 0 Å². The van der Waals surface area contributed by atoms with Gasteiger partial charge in [-0.25, -0.2) is 4.79 Å². The first-order chi connectivity index (χ1) is 13.6. The molecule has 1 atom stereocenters. The molecule has 4 rings (SSSR count). The second-order valence-corrected chi connectivity index (χ2v) is 6.94. The molecule has 0 N–H and O–H groups in total. The number of carbonyl (C=O) groups excluding carboxylic acids is 2. The molecule has 1 unspecified atom stereocenters. The average Bonchev–Trinajstić information content (AvgIpc) is 3.28. The van der Waals surface area contributed by atoms with E-state index in [2.05, 4.69) is 4.98 Å². The van der Waals surface area contributed by atoms with E-state index in [4.69, 9.17) is 4.74 Å². The van der Waals surface area contributed by atoms with Crippen LogP contribution >= 0.6 is 0 Å². The van der Waals surface area contributed by atoms with Crippen molar-refractivity contribution in [3.05, 3.63) is 89.5 Å². The van der Waals surface area contributed by atoms with Gasteiger partial charge >= 0.3 is 5.97 Å². The van der Waals surface area contributed by atoms with E-state index in [1.807, 2.05) is 60.2 Å². The highest BCUT2D eigenvalue weighted by atomic mass is 16.5. The van der Waals surface area contributed by atoms with E-state index in [0.717, 1.165) is 16.7 Å². The summed E-state index contributed by atoms with van der Waals surface area (Å²) in [5.41, 5.74) is 3.28. The molecular weight excluding hydrogens is 354 g/mol. The lowest BCUT2D eigenvalue weighted by molar-refractivity contribution is 0.0232. The lowest BCUT2D eigenvalue weighted by Gasteiger charge is -2.21. The van der Waals surface area contributed by atoms with Gasteiger partial charge in [-0.2, -0.15) is 0 Å². The molecule has 6 heteroatoms. The molecule has 1 aliphatic rings. The summed E-state index contributed by atoms with van der Waals surface area (Å²) in [6.45, 7) is 3.29. The fourth-order valence-electron chi connectivity index (χ4n) is 3.47. The third-order valence-corrected chi connectivity index (χ3v) is 4.82. The maximum atomic E-state index is 12.6. The maximum Gasteiger partial charge on any atom is 0.355 e. The van der Waals surface area contributed by atoms with Crippen LogP contribution in [-0.4, -0.2) is 39.0 Å². The minimum Gasteiger partial charge on any atom is -0.456 e. The Kier molecular flexibility index (Phi) is 4.93. The summed E-state index contributed by atoms with van der Waals surface area (Å²) in [6.07, 6.45) is 4.89. The van der Waals surface area contributed by atoms with Crippen molar-refractivity contribution in [2.75, 3.05) is 6.54 Å². The first-order valence-electron chi connectivity index (χ1n) is 9.24. The van der Waals surface area contributed by atoms with Crippen LogP contribution in [0, 0.1) is 0 Å². The Labute approximate surface area is 163 Å². The Morgan fingerprint density at radius 2 is 1.93 bits per heavy atom. The molecule has 1 amide bonds. The Morgan fingerprint density at radius 1 is 1.14 bits per heavy atom. The zero-order chi connectivity index (χ0) is 19.5. The number of nitrogens with zero attached hydrogens (tertiary/aromatic N) is 3. The van der Waals surface area contributed by atoms with Crippen molar-refractivity contribution in [1.82, 2.24) is 14.5 Å². The van der Waals surface area contributed by atoms with E-state index in [9.17, 15) is 9.59 Å². The number of ether oxygens (including phenoxy) is 1. The molecule has 142 valence electrons. The fraction of sp³-hybridized carbons (Fsp3) is 0.227. The first-order valence-corrected chi connectivity index (χ1v) is 9.24. The zero-order valence-electron chi connectivity index (χ0n) is 15.6. The van der Waals surface area contributed by atoms with Crippen LogP contribution in [0.15, 0.2) is 67.1 Å². The van der Waals surface area contributed by atoms with Crippen LogP contribution < -0.4 is 0 Å². The quantitative estimate of drug-likeness (QED) is 0.621. The molecule has 3 aromatic rings. The van der Waals surface area contributed by atoms with E-state index in [1.165, 1.54) is 0 Å². The third kappa shape index (κ3) is 3.67. The fourth-order valence-corrected chi connectivity index (χ4v) is 3.47. The largest absolute Gasteiger partial charge is 0.456 e. The molecule has 1 aromatic carbocycles. The molecule has 6 nitrogen and oxygen atoms in total. The minimum atomic E-state index is -0.407. The van der Waals surface area contributed by atoms with Crippen molar-refractivity contribution >= 4 is 11.9 Å². The molecule has 0 fully saturated rings. The van der Waals surface area contributed by atoms with Crippen LogP contribution in [-0.2, 0) is 17.8 Å². The number of carbonyl (C=O) groups is 2. The van der Waals surface area contributed by atoms with Gasteiger partial charge in [0.2, 0.25) is 0 Å². The van der Waals surface area contributed by atoms with Crippen molar-refractivity contribution in [3.8, 4) is 0 Å². The Balaban J connectivity index is 1.38. The van der Waals surface area contributed by atoms with E-state index >= 15 is 0 Å². The van der Waals surface area contributed by atoms with E-state index in [1.54, 1.807) is 23.4 Å². The number of fused-ring (bicyclic) bond motifs is 1. The molecule has 0 aliphatic carbocycles. The summed E-state index contributed by atoms with van der Waals surface area (Å²) in [5, 5.41) is 0. The topological polar surface area (TPSA) is 64.4 Å². The molecule has 0 saturated carbocycles. The van der Waals surface area contributed by atoms with Crippen molar-refractivity contribution in [2.45, 2.75) is 26.1 Å². The normalized spacial score (nSPS) is 14.0. The van der Waals surface area contributed by atoms with Gasteiger partial charge in [-0.05, 0) is 48.4 Å². The second kappa shape index (κ2) is 7.68. The molecule has 0 bridgehead atoms. The number of aromatic nitrogens is 2. The molecule has 3 heterocycles. The maximum absolute atomic E-state index is 12.6. The summed E-state index contributed by atoms with van der Waals surface area (Å²) in [6, 6.07) is 15.0. The van der Waals surface area contributed by atoms with Crippen LogP contribution in [0.25, 0.3) is 0 Å². The monoisotopic (exact) mass is 375 g/mol. The Hall–Kier alpha value is -3.41. The molecule has 0 radical (unpaired) electrons. The lowest BCUT2D eigenvalue weighted by atomic mass is 10.1. The van der Waals surface area contributed by atoms with Crippen LogP contribution in [0.4, 0.5) is 0 Å². The van der Waals surface area contributed by atoms with Gasteiger partial charge in [0, 0.05) is 37.2 Å². The summed E-state index contributed by atoms with van der Waals surface area (Å²) in [5.74, 6) is -0.407. The Bertz CT molecular complexity index is 997. The summed E-state index contributed by atoms with van der Waals surface area (Å²) in [7, 11) is 0. The molecule has 0 spiro atoms. The van der Waals surface area contributed by atoms with Gasteiger partial charge in [0.1, 0.15) is 11.8 Å². The van der Waals surface area contributed by atoms with Gasteiger partial charge in [-0.15, -0.1) is 0 Å². The van der Waals surface area contributed by atoms with Gasteiger partial charge in [0.15, 0.2) is 0 Å². The van der Waals surface area contributed by atoms with Crippen molar-refractivity contribution in [1.29, 1.82) is 0 Å². The number of rotatable bonds is 6. The number of amides is 1. The molecule has 1 aliphatic heterocycles. The predicted molar refractivity (Wildman–Crippen MR) is 104 cm³/mol. The number of benzene rings is 1. The molecule has 0 saturated heterocycles. The molecule has 2 aromatic heterocycles. The van der Waals surface area contributed by atoms with Crippen LogP contribution in [0.3, 0.4) is 0 Å². The average molecular weight is 375 g/mol. The van der Waals surface area contributed by atoms with E-state index < -0.39 is 12.1 Å². The molecule has 28 heavy (non-hydrogen) atoms. The standard InChI is InChI=1S/C22H21N3O3/c1-16(13-25-15-18-5-2-3-6-19(18)21(25)26)28-22(27)20-7-4-12-24(20)14-17-8-10-23-11-9-17/h2-12,16H,13-15H2,1H3. The highest BCUT2D eigenvalue weighted by Crippen LogP contribution is 2.22. The van der Waals surface area contributed by atoms with Crippen LogP contribution in [0.1, 0.15) is 38.9 Å². The Morgan fingerprint density at radius 3 is 2.71 bits per heavy atom. The summed E-state index contributed by atoms with van der Waals surface area (Å²) in [4.78, 5) is 30.9. The van der Waals surface area contributed by atoms with Gasteiger partial charge in [-0.1, -0.05) is 18.2 Å². The summed E-state index contributed by atoms with van der Waals surface area (Å²) < 4.78 is 7.46. The molecular formula is C22H21N3O3. The highest BCUT2D eigenvalue weighted by molar-refractivity contribution is 5.98. The van der Waals surface area contributed by atoms with Crippen molar-refractivity contribution < 1.29 is 14.3 Å². The number of pyridine rings is 1. The highest BCUT2D eigenvalue weighted by Gasteiger charge is 2.28.